The van der Waals surface area contributed by atoms with Crippen LogP contribution >= 0.6 is 0 Å². The number of hydrogen-bond donors (Lipinski definition) is 1. The van der Waals surface area contributed by atoms with E-state index in [9.17, 15) is 0 Å². The van der Waals surface area contributed by atoms with Gasteiger partial charge < -0.3 is 5.32 Å². The minimum atomic E-state index is 0.557. The first kappa shape index (κ1) is 9.40. The molecule has 1 fully saturated rings. The zero-order chi connectivity index (χ0) is 10.6. The summed E-state index contributed by atoms with van der Waals surface area (Å²) >= 11 is 0. The van der Waals surface area contributed by atoms with Gasteiger partial charge in [-0.15, -0.1) is 0 Å². The number of nitrogens with one attached hydrogen (secondary N) is 1. The second kappa shape index (κ2) is 3.08. The van der Waals surface area contributed by atoms with Gasteiger partial charge in [0.05, 0.1) is 5.69 Å². The Labute approximate surface area is 90.9 Å². The Morgan fingerprint density at radius 3 is 2.80 bits per heavy atom. The number of fused-ring (bicyclic) bond motifs is 1. The number of aryl methyl sites for hydroxylation is 1. The van der Waals surface area contributed by atoms with Crippen molar-refractivity contribution in [2.75, 3.05) is 0 Å². The largest absolute Gasteiger partial charge is 0.307 e. The van der Waals surface area contributed by atoms with Crippen molar-refractivity contribution in [3.05, 3.63) is 17.0 Å². The van der Waals surface area contributed by atoms with Crippen molar-refractivity contribution in [3.63, 3.8) is 0 Å². The summed E-state index contributed by atoms with van der Waals surface area (Å²) in [5.74, 6) is 0.711. The van der Waals surface area contributed by atoms with E-state index in [1.807, 2.05) is 11.7 Å². The molecular formula is C12H19N3. The molecule has 0 radical (unpaired) electrons. The molecule has 0 saturated heterocycles. The van der Waals surface area contributed by atoms with Crippen LogP contribution in [0.2, 0.25) is 0 Å². The highest BCUT2D eigenvalue weighted by molar-refractivity contribution is 5.34. The molecule has 3 heteroatoms. The third kappa shape index (κ3) is 1.41. The molecule has 0 amide bonds. The highest BCUT2D eigenvalue weighted by atomic mass is 15.3. The van der Waals surface area contributed by atoms with Crippen molar-refractivity contribution in [1.29, 1.82) is 0 Å². The average molecular weight is 205 g/mol. The molecule has 82 valence electrons. The number of nitrogens with zero attached hydrogens (tertiary/aromatic N) is 2. The van der Waals surface area contributed by atoms with E-state index in [0.29, 0.717) is 12.0 Å². The topological polar surface area (TPSA) is 29.9 Å². The van der Waals surface area contributed by atoms with Gasteiger partial charge in [-0.2, -0.15) is 5.10 Å². The maximum atomic E-state index is 4.60. The lowest BCUT2D eigenvalue weighted by atomic mass is 10.0. The fourth-order valence-corrected chi connectivity index (χ4v) is 2.71. The second-order valence-electron chi connectivity index (χ2n) is 5.17. The highest BCUT2D eigenvalue weighted by Crippen LogP contribution is 2.39. The van der Waals surface area contributed by atoms with E-state index in [4.69, 9.17) is 0 Å². The molecule has 1 aromatic heterocycles. The molecule has 1 N–H and O–H groups in total. The maximum Gasteiger partial charge on any atom is 0.0678 e. The van der Waals surface area contributed by atoms with E-state index >= 15 is 0 Å². The summed E-state index contributed by atoms with van der Waals surface area (Å²) in [6.45, 7) is 4.52. The normalized spacial score (nSPS) is 29.5. The first-order valence-corrected chi connectivity index (χ1v) is 5.95. The Bertz CT molecular complexity index is 390. The summed E-state index contributed by atoms with van der Waals surface area (Å²) in [4.78, 5) is 0. The predicted molar refractivity (Wildman–Crippen MR) is 59.7 cm³/mol. The first-order valence-electron chi connectivity index (χ1n) is 5.95. The molecule has 1 aromatic rings. The van der Waals surface area contributed by atoms with Gasteiger partial charge in [0.15, 0.2) is 0 Å². The van der Waals surface area contributed by atoms with Crippen molar-refractivity contribution >= 4 is 0 Å². The van der Waals surface area contributed by atoms with Gasteiger partial charge in [0.25, 0.3) is 0 Å². The van der Waals surface area contributed by atoms with Crippen LogP contribution < -0.4 is 5.32 Å². The van der Waals surface area contributed by atoms with Gasteiger partial charge in [0.1, 0.15) is 0 Å². The third-order valence-corrected chi connectivity index (χ3v) is 3.84. The van der Waals surface area contributed by atoms with Crippen molar-refractivity contribution in [3.8, 4) is 0 Å². The van der Waals surface area contributed by atoms with Crippen LogP contribution in [0.15, 0.2) is 0 Å². The van der Waals surface area contributed by atoms with E-state index in [-0.39, 0.29) is 0 Å². The molecule has 0 aromatic carbocycles. The summed E-state index contributed by atoms with van der Waals surface area (Å²) in [5, 5.41) is 8.36. The first-order chi connectivity index (χ1) is 7.16. The quantitative estimate of drug-likeness (QED) is 0.796. The number of aromatic nitrogens is 2. The maximum absolute atomic E-state index is 4.60. The van der Waals surface area contributed by atoms with Crippen LogP contribution in [0, 0.1) is 12.8 Å². The summed E-state index contributed by atoms with van der Waals surface area (Å²) in [5.41, 5.74) is 4.14. The molecule has 2 aliphatic rings. The molecule has 2 unspecified atom stereocenters. The zero-order valence-corrected chi connectivity index (χ0v) is 9.75. The highest BCUT2D eigenvalue weighted by Gasteiger charge is 2.37. The van der Waals surface area contributed by atoms with Gasteiger partial charge >= 0.3 is 0 Å². The average Bonchev–Trinajstić information content (AvgIpc) is 2.89. The van der Waals surface area contributed by atoms with Crippen LogP contribution in [0.5, 0.6) is 0 Å². The minimum absolute atomic E-state index is 0.557. The lowest BCUT2D eigenvalue weighted by Crippen LogP contribution is -2.26. The monoisotopic (exact) mass is 205 g/mol. The Hall–Kier alpha value is -0.830. The van der Waals surface area contributed by atoms with Gasteiger partial charge in [0.2, 0.25) is 0 Å². The number of rotatable bonds is 2. The smallest absolute Gasteiger partial charge is 0.0678 e. The van der Waals surface area contributed by atoms with E-state index in [0.717, 1.165) is 12.5 Å². The molecule has 0 spiro atoms. The molecule has 1 saturated carbocycles. The molecular weight excluding hydrogens is 186 g/mol. The molecule has 3 nitrogen and oxygen atoms in total. The molecule has 2 atom stereocenters. The van der Waals surface area contributed by atoms with Crippen LogP contribution in [0.1, 0.15) is 42.8 Å². The summed E-state index contributed by atoms with van der Waals surface area (Å²) in [7, 11) is 2.05. The van der Waals surface area contributed by atoms with Gasteiger partial charge in [0, 0.05) is 30.4 Å². The van der Waals surface area contributed by atoms with Crippen LogP contribution in [-0.2, 0) is 13.5 Å². The van der Waals surface area contributed by atoms with Crippen LogP contribution in [0.4, 0.5) is 0 Å². The molecule has 1 heterocycles. The van der Waals surface area contributed by atoms with Crippen molar-refractivity contribution in [2.24, 2.45) is 13.0 Å². The Kier molecular flexibility index (Phi) is 1.93. The van der Waals surface area contributed by atoms with Gasteiger partial charge in [-0.1, -0.05) is 6.92 Å². The Balaban J connectivity index is 1.94. The SMILES string of the molecule is Cc1c2c(nn1C)CC(C)C2NC1CC1. The van der Waals surface area contributed by atoms with Gasteiger partial charge in [-0.25, -0.2) is 0 Å². The predicted octanol–water partition coefficient (Wildman–Crippen LogP) is 1.71. The summed E-state index contributed by atoms with van der Waals surface area (Å²) in [6.07, 6.45) is 3.86. The Morgan fingerprint density at radius 1 is 1.40 bits per heavy atom. The van der Waals surface area contributed by atoms with E-state index in [1.165, 1.54) is 29.8 Å². The summed E-state index contributed by atoms with van der Waals surface area (Å²) < 4.78 is 2.03. The van der Waals surface area contributed by atoms with Crippen molar-refractivity contribution in [1.82, 2.24) is 15.1 Å². The van der Waals surface area contributed by atoms with Gasteiger partial charge in [-0.3, -0.25) is 4.68 Å². The van der Waals surface area contributed by atoms with E-state index in [1.54, 1.807) is 0 Å². The van der Waals surface area contributed by atoms with Crippen LogP contribution in [0.3, 0.4) is 0 Å². The standard InChI is InChI=1S/C12H19N3/c1-7-6-10-11(8(2)15(3)14-10)12(7)13-9-4-5-9/h7,9,12-13H,4-6H2,1-3H3. The Morgan fingerprint density at radius 2 is 2.13 bits per heavy atom. The minimum Gasteiger partial charge on any atom is -0.307 e. The lowest BCUT2D eigenvalue weighted by molar-refractivity contribution is 0.407. The van der Waals surface area contributed by atoms with E-state index in [2.05, 4.69) is 24.3 Å². The molecule has 0 bridgehead atoms. The zero-order valence-electron chi connectivity index (χ0n) is 9.75. The lowest BCUT2D eigenvalue weighted by Gasteiger charge is -2.19. The summed E-state index contributed by atoms with van der Waals surface area (Å²) in [6, 6.07) is 1.34. The van der Waals surface area contributed by atoms with Crippen molar-refractivity contribution in [2.45, 2.75) is 45.2 Å². The van der Waals surface area contributed by atoms with Gasteiger partial charge in [-0.05, 0) is 32.1 Å². The molecule has 3 rings (SSSR count). The van der Waals surface area contributed by atoms with E-state index < -0.39 is 0 Å². The fraction of sp³-hybridized carbons (Fsp3) is 0.750. The van der Waals surface area contributed by atoms with Crippen molar-refractivity contribution < 1.29 is 0 Å². The molecule has 0 aliphatic heterocycles. The van der Waals surface area contributed by atoms with Crippen LogP contribution in [0.25, 0.3) is 0 Å². The molecule has 15 heavy (non-hydrogen) atoms. The third-order valence-electron chi connectivity index (χ3n) is 3.84. The molecule has 2 aliphatic carbocycles. The second-order valence-corrected chi connectivity index (χ2v) is 5.17. The van der Waals surface area contributed by atoms with Crippen LogP contribution in [-0.4, -0.2) is 15.8 Å². The fourth-order valence-electron chi connectivity index (χ4n) is 2.71. The number of hydrogen-bond acceptors (Lipinski definition) is 2.